The van der Waals surface area contributed by atoms with E-state index in [0.717, 1.165) is 5.69 Å². The van der Waals surface area contributed by atoms with Crippen LogP contribution in [0.5, 0.6) is 5.75 Å². The molecule has 1 aliphatic heterocycles. The lowest BCUT2D eigenvalue weighted by Crippen LogP contribution is -2.29. The summed E-state index contributed by atoms with van der Waals surface area (Å²) in [5, 5.41) is 18.8. The van der Waals surface area contributed by atoms with Crippen molar-refractivity contribution in [2.75, 3.05) is 23.7 Å². The third kappa shape index (κ3) is 4.80. The summed E-state index contributed by atoms with van der Waals surface area (Å²) in [4.78, 5) is 24.9. The van der Waals surface area contributed by atoms with E-state index in [0.29, 0.717) is 42.2 Å². The van der Waals surface area contributed by atoms with Crippen LogP contribution < -0.4 is 15.4 Å². The van der Waals surface area contributed by atoms with Gasteiger partial charge in [0.25, 0.3) is 0 Å². The van der Waals surface area contributed by atoms with Gasteiger partial charge in [0.1, 0.15) is 17.7 Å². The van der Waals surface area contributed by atoms with Crippen molar-refractivity contribution in [3.63, 3.8) is 0 Å². The van der Waals surface area contributed by atoms with Gasteiger partial charge in [-0.2, -0.15) is 5.10 Å². The molecular formula is C22H22FN5O4. The van der Waals surface area contributed by atoms with Crippen LogP contribution in [-0.4, -0.2) is 51.1 Å². The first-order valence-electron chi connectivity index (χ1n) is 9.99. The Balaban J connectivity index is 1.53. The highest BCUT2D eigenvalue weighted by Crippen LogP contribution is 2.34. The number of carbonyl (C=O) groups excluding carboxylic acids is 1. The molecule has 32 heavy (non-hydrogen) atoms. The predicted octanol–water partition coefficient (Wildman–Crippen LogP) is 4.00. The summed E-state index contributed by atoms with van der Waals surface area (Å²) in [7, 11) is 1.79. The smallest absolute Gasteiger partial charge is 0.407 e. The molecule has 0 spiro atoms. The number of aromatic nitrogens is 2. The quantitative estimate of drug-likeness (QED) is 0.557. The molecule has 3 N–H and O–H groups in total. The Morgan fingerprint density at radius 3 is 2.50 bits per heavy atom. The molecule has 0 saturated carbocycles. The number of ether oxygens (including phenoxy) is 1. The molecule has 1 atom stereocenters. The fourth-order valence-electron chi connectivity index (χ4n) is 3.55. The van der Waals surface area contributed by atoms with Crippen LogP contribution in [0.15, 0.2) is 54.7 Å². The van der Waals surface area contributed by atoms with Crippen molar-refractivity contribution < 1.29 is 23.8 Å². The summed E-state index contributed by atoms with van der Waals surface area (Å²) in [6.45, 7) is 0.713. The molecule has 1 fully saturated rings. The third-order valence-electron chi connectivity index (χ3n) is 5.15. The van der Waals surface area contributed by atoms with Crippen LogP contribution in [0.1, 0.15) is 6.42 Å². The van der Waals surface area contributed by atoms with Crippen molar-refractivity contribution in [2.45, 2.75) is 12.5 Å². The number of rotatable bonds is 5. The second-order valence-electron chi connectivity index (χ2n) is 7.39. The molecule has 3 amide bonds. The fraction of sp³-hybridized carbons (Fsp3) is 0.227. The molecule has 10 heteroatoms. The molecule has 4 rings (SSSR count). The molecule has 0 aliphatic carbocycles. The lowest BCUT2D eigenvalue weighted by Gasteiger charge is -2.18. The summed E-state index contributed by atoms with van der Waals surface area (Å²) in [5.41, 5.74) is 2.46. The van der Waals surface area contributed by atoms with Crippen LogP contribution in [0, 0.1) is 5.82 Å². The van der Waals surface area contributed by atoms with Crippen molar-refractivity contribution in [3.8, 4) is 17.0 Å². The Kier molecular flexibility index (Phi) is 5.93. The van der Waals surface area contributed by atoms with Gasteiger partial charge < -0.3 is 25.4 Å². The van der Waals surface area contributed by atoms with Gasteiger partial charge in [0, 0.05) is 43.1 Å². The molecule has 0 bridgehead atoms. The van der Waals surface area contributed by atoms with Crippen molar-refractivity contribution in [3.05, 3.63) is 60.5 Å². The monoisotopic (exact) mass is 439 g/mol. The van der Waals surface area contributed by atoms with E-state index in [1.54, 1.807) is 36.1 Å². The predicted molar refractivity (Wildman–Crippen MR) is 116 cm³/mol. The van der Waals surface area contributed by atoms with Gasteiger partial charge in [-0.05, 0) is 48.5 Å². The van der Waals surface area contributed by atoms with Crippen LogP contribution in [0.2, 0.25) is 0 Å². The highest BCUT2D eigenvalue weighted by molar-refractivity contribution is 6.00. The van der Waals surface area contributed by atoms with Crippen LogP contribution >= 0.6 is 0 Å². The molecule has 166 valence electrons. The lowest BCUT2D eigenvalue weighted by atomic mass is 10.1. The maximum Gasteiger partial charge on any atom is 0.407 e. The maximum atomic E-state index is 13.0. The number of hydrogen-bond acceptors (Lipinski definition) is 4. The number of nitrogens with one attached hydrogen (secondary N) is 2. The number of aryl methyl sites for hydroxylation is 1. The number of nitrogens with zero attached hydrogens (tertiary/aromatic N) is 3. The summed E-state index contributed by atoms with van der Waals surface area (Å²) in [6.07, 6.45) is 1.02. The Hall–Kier alpha value is -4.08. The first-order valence-corrected chi connectivity index (χ1v) is 9.99. The summed E-state index contributed by atoms with van der Waals surface area (Å²) >= 11 is 0. The number of likely N-dealkylation sites (tertiary alicyclic amines) is 1. The molecule has 1 saturated heterocycles. The van der Waals surface area contributed by atoms with E-state index in [4.69, 9.17) is 4.74 Å². The summed E-state index contributed by atoms with van der Waals surface area (Å²) in [5.74, 6) is 0.177. The van der Waals surface area contributed by atoms with Gasteiger partial charge in [-0.1, -0.05) is 0 Å². The average molecular weight is 439 g/mol. The van der Waals surface area contributed by atoms with Gasteiger partial charge in [-0.25, -0.2) is 14.0 Å². The van der Waals surface area contributed by atoms with E-state index in [1.807, 2.05) is 6.07 Å². The fourth-order valence-corrected chi connectivity index (χ4v) is 3.55. The number of benzene rings is 2. The Morgan fingerprint density at radius 2 is 1.84 bits per heavy atom. The van der Waals surface area contributed by atoms with Crippen molar-refractivity contribution in [2.24, 2.45) is 7.05 Å². The number of halogens is 1. The molecule has 2 aromatic carbocycles. The second kappa shape index (κ2) is 8.96. The number of urea groups is 1. The van der Waals surface area contributed by atoms with Crippen LogP contribution in [0.4, 0.5) is 25.4 Å². The highest BCUT2D eigenvalue weighted by atomic mass is 19.1. The Bertz CT molecular complexity index is 1130. The standard InChI is InChI=1S/C22H22FN5O4/c1-27-19(8-10-24-27)18-12-16(26-21(29)25-15-4-2-14(23)3-5-15)6-7-20(18)32-17-9-11-28(13-17)22(30)31/h2-8,10,12,17H,9,11,13H2,1H3,(H,30,31)(H2,25,26,29)/t17-/m1/s1. The normalized spacial score (nSPS) is 15.4. The first-order chi connectivity index (χ1) is 15.4. The number of carboxylic acid groups (broad SMARTS) is 1. The van der Waals surface area contributed by atoms with E-state index in [2.05, 4.69) is 15.7 Å². The van der Waals surface area contributed by atoms with Crippen molar-refractivity contribution in [1.82, 2.24) is 14.7 Å². The van der Waals surface area contributed by atoms with Gasteiger partial charge in [-0.15, -0.1) is 0 Å². The van der Waals surface area contributed by atoms with Gasteiger partial charge in [0.05, 0.1) is 12.2 Å². The third-order valence-corrected chi connectivity index (χ3v) is 5.15. The zero-order valence-electron chi connectivity index (χ0n) is 17.3. The molecule has 3 aromatic rings. The largest absolute Gasteiger partial charge is 0.488 e. The minimum absolute atomic E-state index is 0.265. The first kappa shape index (κ1) is 21.2. The van der Waals surface area contributed by atoms with Crippen LogP contribution in [0.25, 0.3) is 11.3 Å². The van der Waals surface area contributed by atoms with Gasteiger partial charge in [-0.3, -0.25) is 4.68 Å². The SMILES string of the molecule is Cn1nccc1-c1cc(NC(=O)Nc2ccc(F)cc2)ccc1O[C@@H]1CCN(C(=O)O)C1. The molecule has 2 heterocycles. The van der Waals surface area contributed by atoms with Crippen molar-refractivity contribution in [1.29, 1.82) is 0 Å². The zero-order chi connectivity index (χ0) is 22.7. The average Bonchev–Trinajstić information content (AvgIpc) is 3.40. The highest BCUT2D eigenvalue weighted by Gasteiger charge is 2.28. The number of carbonyl (C=O) groups is 2. The topological polar surface area (TPSA) is 109 Å². The minimum Gasteiger partial charge on any atom is -0.488 e. The lowest BCUT2D eigenvalue weighted by molar-refractivity contribution is 0.146. The number of hydrogen-bond donors (Lipinski definition) is 3. The van der Waals surface area contributed by atoms with Crippen molar-refractivity contribution >= 4 is 23.5 Å². The van der Waals surface area contributed by atoms with E-state index in [9.17, 15) is 19.1 Å². The van der Waals surface area contributed by atoms with Crippen LogP contribution in [-0.2, 0) is 7.05 Å². The molecule has 1 aromatic heterocycles. The van der Waals surface area contributed by atoms with Gasteiger partial charge in [0.15, 0.2) is 0 Å². The molecule has 1 aliphatic rings. The van der Waals surface area contributed by atoms with Crippen LogP contribution in [0.3, 0.4) is 0 Å². The molecule has 0 unspecified atom stereocenters. The van der Waals surface area contributed by atoms with E-state index >= 15 is 0 Å². The van der Waals surface area contributed by atoms with Gasteiger partial charge in [0.2, 0.25) is 0 Å². The number of anilines is 2. The molecule has 0 radical (unpaired) electrons. The zero-order valence-corrected chi connectivity index (χ0v) is 17.3. The molecular weight excluding hydrogens is 417 g/mol. The number of amides is 3. The van der Waals surface area contributed by atoms with Gasteiger partial charge >= 0.3 is 12.1 Å². The van der Waals surface area contributed by atoms with E-state index in [1.165, 1.54) is 29.2 Å². The summed E-state index contributed by atoms with van der Waals surface area (Å²) in [6, 6.07) is 12.0. The minimum atomic E-state index is -0.963. The van der Waals surface area contributed by atoms with E-state index < -0.39 is 12.1 Å². The second-order valence-corrected chi connectivity index (χ2v) is 7.39. The molecule has 9 nitrogen and oxygen atoms in total. The Morgan fingerprint density at radius 1 is 1.12 bits per heavy atom. The maximum absolute atomic E-state index is 13.0. The van der Waals surface area contributed by atoms with E-state index in [-0.39, 0.29) is 11.9 Å². The summed E-state index contributed by atoms with van der Waals surface area (Å²) < 4.78 is 20.9. The Labute approximate surface area is 183 Å².